The largest absolute Gasteiger partial charge is 0.390 e. The molecule has 11 heavy (non-hydrogen) atoms. The first-order chi connectivity index (χ1) is 5.36. The number of aromatic nitrogens is 1. The van der Waals surface area contributed by atoms with E-state index in [2.05, 4.69) is 11.9 Å². The van der Waals surface area contributed by atoms with Gasteiger partial charge in [0.1, 0.15) is 0 Å². The fourth-order valence-electron chi connectivity index (χ4n) is 0.864. The van der Waals surface area contributed by atoms with Gasteiger partial charge in [0.15, 0.2) is 0 Å². The minimum Gasteiger partial charge on any atom is -0.390 e. The van der Waals surface area contributed by atoms with Crippen LogP contribution in [0.15, 0.2) is 5.38 Å². The summed E-state index contributed by atoms with van der Waals surface area (Å²) in [6, 6.07) is 0. The predicted molar refractivity (Wildman–Crippen MR) is 46.6 cm³/mol. The van der Waals surface area contributed by atoms with Crippen LogP contribution in [0.3, 0.4) is 0 Å². The molecule has 0 saturated carbocycles. The Kier molecular flexibility index (Phi) is 3.52. The monoisotopic (exact) mass is 171 g/mol. The minimum absolute atomic E-state index is 0.0720. The summed E-state index contributed by atoms with van der Waals surface area (Å²) in [5, 5.41) is 11.8. The van der Waals surface area contributed by atoms with Gasteiger partial charge in [0, 0.05) is 5.38 Å². The normalized spacial score (nSPS) is 10.4. The average Bonchev–Trinajstić information content (AvgIpc) is 2.48. The highest BCUT2D eigenvalue weighted by Gasteiger charge is 1.98. The first-order valence-corrected chi connectivity index (χ1v) is 4.79. The molecule has 0 aliphatic heterocycles. The lowest BCUT2D eigenvalue weighted by Crippen LogP contribution is -1.86. The van der Waals surface area contributed by atoms with Crippen molar-refractivity contribution in [2.24, 2.45) is 0 Å². The summed E-state index contributed by atoms with van der Waals surface area (Å²) in [5.41, 5.74) is 0.807. The summed E-state index contributed by atoms with van der Waals surface area (Å²) in [6.07, 6.45) is 3.45. The van der Waals surface area contributed by atoms with E-state index in [0.717, 1.165) is 17.1 Å². The van der Waals surface area contributed by atoms with Crippen molar-refractivity contribution in [1.29, 1.82) is 0 Å². The second-order valence-corrected chi connectivity index (χ2v) is 3.44. The third kappa shape index (κ3) is 2.60. The molecule has 1 aromatic heterocycles. The van der Waals surface area contributed by atoms with Gasteiger partial charge in [-0.3, -0.25) is 0 Å². The Morgan fingerprint density at radius 1 is 1.64 bits per heavy atom. The molecule has 1 N–H and O–H groups in total. The van der Waals surface area contributed by atoms with Crippen molar-refractivity contribution in [1.82, 2.24) is 4.98 Å². The van der Waals surface area contributed by atoms with Gasteiger partial charge in [-0.1, -0.05) is 13.3 Å². The Labute approximate surface area is 70.9 Å². The second-order valence-electron chi connectivity index (χ2n) is 2.49. The van der Waals surface area contributed by atoms with Crippen molar-refractivity contribution in [3.05, 3.63) is 16.1 Å². The van der Waals surface area contributed by atoms with E-state index in [1.807, 2.05) is 5.38 Å². The maximum absolute atomic E-state index is 8.72. The van der Waals surface area contributed by atoms with Gasteiger partial charge in [0.2, 0.25) is 0 Å². The highest BCUT2D eigenvalue weighted by Crippen LogP contribution is 2.12. The third-order valence-electron chi connectivity index (χ3n) is 1.51. The highest BCUT2D eigenvalue weighted by molar-refractivity contribution is 7.09. The van der Waals surface area contributed by atoms with Crippen LogP contribution in [0.5, 0.6) is 0 Å². The van der Waals surface area contributed by atoms with Crippen LogP contribution in [0.1, 0.15) is 30.5 Å². The number of aliphatic hydroxyl groups is 1. The number of thiazole rings is 1. The van der Waals surface area contributed by atoms with Crippen LogP contribution in [0.2, 0.25) is 0 Å². The fraction of sp³-hybridized carbons (Fsp3) is 0.625. The molecule has 62 valence electrons. The van der Waals surface area contributed by atoms with E-state index in [4.69, 9.17) is 5.11 Å². The number of aryl methyl sites for hydroxylation is 1. The van der Waals surface area contributed by atoms with E-state index < -0.39 is 0 Å². The van der Waals surface area contributed by atoms with Crippen molar-refractivity contribution in [2.45, 2.75) is 32.8 Å². The van der Waals surface area contributed by atoms with Gasteiger partial charge < -0.3 is 5.11 Å². The van der Waals surface area contributed by atoms with Gasteiger partial charge in [-0.25, -0.2) is 4.98 Å². The van der Waals surface area contributed by atoms with Crippen LogP contribution >= 0.6 is 11.3 Å². The van der Waals surface area contributed by atoms with Crippen molar-refractivity contribution in [3.63, 3.8) is 0 Å². The van der Waals surface area contributed by atoms with E-state index in [1.54, 1.807) is 11.3 Å². The third-order valence-corrected chi connectivity index (χ3v) is 2.46. The lowest BCUT2D eigenvalue weighted by atomic mass is 10.3. The van der Waals surface area contributed by atoms with Crippen molar-refractivity contribution >= 4 is 11.3 Å². The summed E-state index contributed by atoms with van der Waals surface area (Å²) in [4.78, 5) is 4.23. The van der Waals surface area contributed by atoms with E-state index in [0.29, 0.717) is 0 Å². The van der Waals surface area contributed by atoms with Crippen molar-refractivity contribution in [2.75, 3.05) is 0 Å². The molecule has 0 spiro atoms. The van der Waals surface area contributed by atoms with E-state index in [-0.39, 0.29) is 6.61 Å². The first-order valence-electron chi connectivity index (χ1n) is 3.91. The quantitative estimate of drug-likeness (QED) is 0.751. The highest BCUT2D eigenvalue weighted by atomic mass is 32.1. The van der Waals surface area contributed by atoms with Gasteiger partial charge >= 0.3 is 0 Å². The molecule has 1 rings (SSSR count). The zero-order valence-corrected chi connectivity index (χ0v) is 7.52. The van der Waals surface area contributed by atoms with Gasteiger partial charge in [0.05, 0.1) is 17.3 Å². The molecule has 1 heterocycles. The number of nitrogens with zero attached hydrogens (tertiary/aromatic N) is 1. The summed E-state index contributed by atoms with van der Waals surface area (Å²) < 4.78 is 0. The molecule has 2 nitrogen and oxygen atoms in total. The van der Waals surface area contributed by atoms with E-state index >= 15 is 0 Å². The molecule has 0 atom stereocenters. The molecule has 0 aliphatic rings. The topological polar surface area (TPSA) is 33.1 Å². The smallest absolute Gasteiger partial charge is 0.0929 e. The van der Waals surface area contributed by atoms with Crippen LogP contribution in [0.4, 0.5) is 0 Å². The Hall–Kier alpha value is -0.410. The van der Waals surface area contributed by atoms with Crippen LogP contribution in [0.25, 0.3) is 0 Å². The predicted octanol–water partition coefficient (Wildman–Crippen LogP) is 1.98. The second kappa shape index (κ2) is 4.46. The zero-order valence-electron chi connectivity index (χ0n) is 6.71. The summed E-state index contributed by atoms with van der Waals surface area (Å²) >= 11 is 1.64. The molecule has 1 aromatic rings. The zero-order chi connectivity index (χ0) is 8.10. The Morgan fingerprint density at radius 2 is 2.45 bits per heavy atom. The standard InChI is InChI=1S/C8H13NOS/c1-2-3-4-8-9-7(5-10)6-11-8/h6,10H,2-5H2,1H3. The SMILES string of the molecule is CCCCc1nc(CO)cs1. The average molecular weight is 171 g/mol. The van der Waals surface area contributed by atoms with E-state index in [1.165, 1.54) is 12.8 Å². The molecule has 0 bridgehead atoms. The number of aliphatic hydroxyl groups excluding tert-OH is 1. The number of rotatable bonds is 4. The minimum atomic E-state index is 0.0720. The van der Waals surface area contributed by atoms with Crippen molar-refractivity contribution < 1.29 is 5.11 Å². The van der Waals surface area contributed by atoms with Crippen LogP contribution in [0, 0.1) is 0 Å². The van der Waals surface area contributed by atoms with Gasteiger partial charge in [-0.05, 0) is 12.8 Å². The maximum atomic E-state index is 8.72. The van der Waals surface area contributed by atoms with Crippen LogP contribution in [-0.2, 0) is 13.0 Å². The molecular weight excluding hydrogens is 158 g/mol. The number of unbranched alkanes of at least 4 members (excludes halogenated alkanes) is 1. The Balaban J connectivity index is 2.44. The van der Waals surface area contributed by atoms with Crippen LogP contribution < -0.4 is 0 Å². The number of hydrogen-bond acceptors (Lipinski definition) is 3. The first kappa shape index (κ1) is 8.68. The van der Waals surface area contributed by atoms with E-state index in [9.17, 15) is 0 Å². The van der Waals surface area contributed by atoms with Crippen LogP contribution in [-0.4, -0.2) is 10.1 Å². The summed E-state index contributed by atoms with van der Waals surface area (Å²) in [5.74, 6) is 0. The maximum Gasteiger partial charge on any atom is 0.0929 e. The molecule has 0 aromatic carbocycles. The molecule has 0 unspecified atom stereocenters. The Bertz CT molecular complexity index is 210. The fourth-order valence-corrected chi connectivity index (χ4v) is 1.70. The van der Waals surface area contributed by atoms with Crippen molar-refractivity contribution in [3.8, 4) is 0 Å². The number of hydrogen-bond donors (Lipinski definition) is 1. The lowest BCUT2D eigenvalue weighted by Gasteiger charge is -1.90. The molecule has 0 radical (unpaired) electrons. The molecule has 0 fully saturated rings. The summed E-state index contributed by atoms with van der Waals surface area (Å²) in [6.45, 7) is 2.24. The van der Waals surface area contributed by atoms with Gasteiger partial charge in [-0.2, -0.15) is 0 Å². The molecular formula is C8H13NOS. The molecule has 0 amide bonds. The van der Waals surface area contributed by atoms with Gasteiger partial charge in [0.25, 0.3) is 0 Å². The lowest BCUT2D eigenvalue weighted by molar-refractivity contribution is 0.277. The molecule has 3 heteroatoms. The summed E-state index contributed by atoms with van der Waals surface area (Å²) in [7, 11) is 0. The molecule has 0 saturated heterocycles. The molecule has 0 aliphatic carbocycles. The Morgan fingerprint density at radius 3 is 3.00 bits per heavy atom. The van der Waals surface area contributed by atoms with Gasteiger partial charge in [-0.15, -0.1) is 11.3 Å².